The van der Waals surface area contributed by atoms with Gasteiger partial charge in [-0.15, -0.1) is 21.5 Å². The highest BCUT2D eigenvalue weighted by atomic mass is 32.1. The Kier molecular flexibility index (Phi) is 7.18. The highest BCUT2D eigenvalue weighted by Crippen LogP contribution is 2.21. The average molecular weight is 446 g/mol. The summed E-state index contributed by atoms with van der Waals surface area (Å²) in [6.45, 7) is 7.50. The Morgan fingerprint density at radius 1 is 1.23 bits per heavy atom. The molecule has 4 heterocycles. The van der Waals surface area contributed by atoms with Gasteiger partial charge in [-0.3, -0.25) is 4.79 Å². The lowest BCUT2D eigenvalue weighted by molar-refractivity contribution is -0.140. The van der Waals surface area contributed by atoms with Crippen molar-refractivity contribution in [1.82, 2.24) is 29.9 Å². The molecule has 4 rings (SSSR count). The van der Waals surface area contributed by atoms with Crippen LogP contribution in [-0.4, -0.2) is 75.8 Å². The fourth-order valence-corrected chi connectivity index (χ4v) is 4.61. The second-order valence-corrected chi connectivity index (χ2v) is 9.03. The summed E-state index contributed by atoms with van der Waals surface area (Å²) in [5.74, 6) is 2.95. The molecule has 0 atom stereocenters. The van der Waals surface area contributed by atoms with Crippen LogP contribution < -0.4 is 5.32 Å². The molecule has 10 heteroatoms. The van der Waals surface area contributed by atoms with Crippen LogP contribution in [0.5, 0.6) is 0 Å². The number of aromatic nitrogens is 3. The van der Waals surface area contributed by atoms with E-state index in [9.17, 15) is 4.79 Å². The van der Waals surface area contributed by atoms with Crippen molar-refractivity contribution in [2.24, 2.45) is 18.0 Å². The van der Waals surface area contributed by atoms with Crippen LogP contribution in [0, 0.1) is 12.8 Å². The maximum absolute atomic E-state index is 12.9. The number of aliphatic imine (C=N–C) groups is 1. The Hall–Kier alpha value is -2.46. The molecule has 0 saturated carbocycles. The van der Waals surface area contributed by atoms with Crippen molar-refractivity contribution in [3.8, 4) is 0 Å². The monoisotopic (exact) mass is 445 g/mol. The van der Waals surface area contributed by atoms with Crippen LogP contribution in [0.25, 0.3) is 0 Å². The van der Waals surface area contributed by atoms with Gasteiger partial charge in [0.25, 0.3) is 0 Å². The van der Waals surface area contributed by atoms with Gasteiger partial charge >= 0.3 is 0 Å². The zero-order valence-corrected chi connectivity index (χ0v) is 19.1. The first-order valence-corrected chi connectivity index (χ1v) is 11.8. The Morgan fingerprint density at radius 3 is 2.65 bits per heavy atom. The Balaban J connectivity index is 1.39. The van der Waals surface area contributed by atoms with Crippen LogP contribution in [0.4, 0.5) is 0 Å². The van der Waals surface area contributed by atoms with Crippen molar-refractivity contribution in [2.45, 2.75) is 32.9 Å². The molecule has 0 unspecified atom stereocenters. The van der Waals surface area contributed by atoms with Gasteiger partial charge in [-0.25, -0.2) is 4.99 Å². The smallest absolute Gasteiger partial charge is 0.225 e. The molecule has 9 nitrogen and oxygen atoms in total. The number of likely N-dealkylation sites (tertiary alicyclic amines) is 1. The molecule has 0 aliphatic carbocycles. The number of ether oxygens (including phenoxy) is 1. The molecule has 168 valence electrons. The SMILES string of the molecule is Cc1nnc(CN=C(NCc2cccs2)N2CCC(C(=O)N3CCOCC3)CC2)n1C. The van der Waals surface area contributed by atoms with E-state index in [1.807, 2.05) is 23.4 Å². The van der Waals surface area contributed by atoms with Crippen LogP contribution >= 0.6 is 11.3 Å². The van der Waals surface area contributed by atoms with Crippen molar-refractivity contribution in [1.29, 1.82) is 0 Å². The minimum absolute atomic E-state index is 0.0919. The molecule has 0 radical (unpaired) electrons. The predicted molar refractivity (Wildman–Crippen MR) is 120 cm³/mol. The normalized spacial score (nSPS) is 18.5. The van der Waals surface area contributed by atoms with Gasteiger partial charge in [-0.2, -0.15) is 0 Å². The third kappa shape index (κ3) is 5.43. The average Bonchev–Trinajstić information content (AvgIpc) is 3.45. The molecule has 2 aliphatic rings. The molecule has 2 saturated heterocycles. The van der Waals surface area contributed by atoms with Gasteiger partial charge in [0.2, 0.25) is 5.91 Å². The first-order valence-electron chi connectivity index (χ1n) is 10.9. The van der Waals surface area contributed by atoms with Crippen molar-refractivity contribution in [2.75, 3.05) is 39.4 Å². The van der Waals surface area contributed by atoms with E-state index in [2.05, 4.69) is 37.9 Å². The number of hydrogen-bond acceptors (Lipinski definition) is 6. The first-order chi connectivity index (χ1) is 15.1. The van der Waals surface area contributed by atoms with E-state index in [0.717, 1.165) is 50.1 Å². The number of carbonyl (C=O) groups is 1. The second kappa shape index (κ2) is 10.2. The molecule has 0 spiro atoms. The zero-order valence-electron chi connectivity index (χ0n) is 18.3. The van der Waals surface area contributed by atoms with E-state index in [4.69, 9.17) is 9.73 Å². The number of hydrogen-bond donors (Lipinski definition) is 1. The summed E-state index contributed by atoms with van der Waals surface area (Å²) < 4.78 is 7.35. The number of piperidine rings is 1. The highest BCUT2D eigenvalue weighted by molar-refractivity contribution is 7.09. The van der Waals surface area contributed by atoms with Crippen LogP contribution in [0.1, 0.15) is 29.4 Å². The van der Waals surface area contributed by atoms with Gasteiger partial charge in [0.05, 0.1) is 19.8 Å². The van der Waals surface area contributed by atoms with Crippen LogP contribution in [0.15, 0.2) is 22.5 Å². The van der Waals surface area contributed by atoms with Gasteiger partial charge in [-0.1, -0.05) is 6.07 Å². The first kappa shape index (κ1) is 21.8. The molecule has 2 fully saturated rings. The molecular weight excluding hydrogens is 414 g/mol. The van der Waals surface area contributed by atoms with Crippen LogP contribution in [0.3, 0.4) is 0 Å². The number of thiophene rings is 1. The Bertz CT molecular complexity index is 882. The van der Waals surface area contributed by atoms with Gasteiger partial charge in [0, 0.05) is 44.0 Å². The summed E-state index contributed by atoms with van der Waals surface area (Å²) >= 11 is 1.73. The minimum atomic E-state index is 0.0919. The maximum atomic E-state index is 12.9. The fraction of sp³-hybridized carbons (Fsp3) is 0.619. The number of rotatable bonds is 5. The van der Waals surface area contributed by atoms with E-state index in [1.54, 1.807) is 11.3 Å². The quantitative estimate of drug-likeness (QED) is 0.553. The number of amides is 1. The van der Waals surface area contributed by atoms with E-state index in [-0.39, 0.29) is 11.8 Å². The Morgan fingerprint density at radius 2 is 2.00 bits per heavy atom. The third-order valence-corrected chi connectivity index (χ3v) is 6.90. The van der Waals surface area contributed by atoms with E-state index >= 15 is 0 Å². The van der Waals surface area contributed by atoms with Gasteiger partial charge in [0.15, 0.2) is 11.8 Å². The summed E-state index contributed by atoms with van der Waals surface area (Å²) in [6, 6.07) is 4.18. The number of nitrogens with zero attached hydrogens (tertiary/aromatic N) is 6. The van der Waals surface area contributed by atoms with Crippen molar-refractivity contribution >= 4 is 23.2 Å². The number of carbonyl (C=O) groups excluding carboxylic acids is 1. The lowest BCUT2D eigenvalue weighted by Gasteiger charge is -2.36. The summed E-state index contributed by atoms with van der Waals surface area (Å²) in [5, 5.41) is 14.0. The van der Waals surface area contributed by atoms with E-state index < -0.39 is 0 Å². The van der Waals surface area contributed by atoms with E-state index in [0.29, 0.717) is 32.8 Å². The van der Waals surface area contributed by atoms with Crippen molar-refractivity contribution in [3.05, 3.63) is 34.0 Å². The lowest BCUT2D eigenvalue weighted by Crippen LogP contribution is -2.49. The van der Waals surface area contributed by atoms with Crippen molar-refractivity contribution < 1.29 is 9.53 Å². The molecule has 0 aromatic carbocycles. The third-order valence-electron chi connectivity index (χ3n) is 6.02. The number of aryl methyl sites for hydroxylation is 1. The largest absolute Gasteiger partial charge is 0.378 e. The van der Waals surface area contributed by atoms with Gasteiger partial charge in [0.1, 0.15) is 12.4 Å². The summed E-state index contributed by atoms with van der Waals surface area (Å²) in [4.78, 5) is 23.2. The Labute approximate surface area is 187 Å². The topological polar surface area (TPSA) is 87.9 Å². The molecule has 0 bridgehead atoms. The number of morpholine rings is 1. The molecule has 2 aliphatic heterocycles. The second-order valence-electron chi connectivity index (χ2n) is 7.99. The molecular formula is C21H31N7O2S. The van der Waals surface area contributed by atoms with Gasteiger partial charge in [-0.05, 0) is 31.2 Å². The van der Waals surface area contributed by atoms with Gasteiger partial charge < -0.3 is 24.4 Å². The predicted octanol–water partition coefficient (Wildman–Crippen LogP) is 1.40. The summed E-state index contributed by atoms with van der Waals surface area (Å²) in [6.07, 6.45) is 1.69. The number of nitrogens with one attached hydrogen (secondary N) is 1. The summed E-state index contributed by atoms with van der Waals surface area (Å²) in [5.41, 5.74) is 0. The van der Waals surface area contributed by atoms with Crippen LogP contribution in [0.2, 0.25) is 0 Å². The summed E-state index contributed by atoms with van der Waals surface area (Å²) in [7, 11) is 1.96. The van der Waals surface area contributed by atoms with Crippen LogP contribution in [-0.2, 0) is 29.7 Å². The molecule has 31 heavy (non-hydrogen) atoms. The van der Waals surface area contributed by atoms with Crippen molar-refractivity contribution in [3.63, 3.8) is 0 Å². The standard InChI is InChI=1S/C21H31N7O2S/c1-16-24-25-19(26(16)2)15-23-21(22-14-18-4-3-13-31-18)28-7-5-17(6-8-28)20(29)27-9-11-30-12-10-27/h3-4,13,17H,5-12,14-15H2,1-2H3,(H,22,23). The zero-order chi connectivity index (χ0) is 21.6. The lowest BCUT2D eigenvalue weighted by atomic mass is 9.95. The molecule has 1 N–H and O–H groups in total. The number of guanidine groups is 1. The van der Waals surface area contributed by atoms with E-state index in [1.165, 1.54) is 4.88 Å². The maximum Gasteiger partial charge on any atom is 0.225 e. The molecule has 2 aromatic rings. The molecule has 1 amide bonds. The fourth-order valence-electron chi connectivity index (χ4n) is 3.96. The highest BCUT2D eigenvalue weighted by Gasteiger charge is 2.30. The molecule has 2 aromatic heterocycles. The minimum Gasteiger partial charge on any atom is -0.378 e.